The van der Waals surface area contributed by atoms with Gasteiger partial charge in [-0.05, 0) is 0 Å². The molecular formula is C6H11NO3. The van der Waals surface area contributed by atoms with Crippen LogP contribution in [-0.2, 0) is 14.3 Å². The molecule has 0 spiro atoms. The maximum absolute atomic E-state index is 10.9. The normalized spacial score (nSPS) is 32.2. The minimum atomic E-state index is -0.880. The average Bonchev–Trinajstić information content (AvgIpc) is 2.36. The van der Waals surface area contributed by atoms with E-state index in [0.717, 1.165) is 0 Å². The van der Waals surface area contributed by atoms with Crippen LogP contribution in [-0.4, -0.2) is 31.8 Å². The summed E-state index contributed by atoms with van der Waals surface area (Å²) in [6, 6.07) is 0. The summed E-state index contributed by atoms with van der Waals surface area (Å²) in [7, 11) is 1.33. The molecule has 0 aromatic rings. The maximum atomic E-state index is 10.9. The standard InChI is InChI=1S/C6H11NO3/c1-9-5(8)6(7)2-3-10-4-6/h2-4,7H2,1H3. The second-order valence-electron chi connectivity index (χ2n) is 2.45. The fraction of sp³-hybridized carbons (Fsp3) is 0.833. The molecule has 58 valence electrons. The van der Waals surface area contributed by atoms with E-state index in [0.29, 0.717) is 13.0 Å². The monoisotopic (exact) mass is 145 g/mol. The van der Waals surface area contributed by atoms with Crippen molar-refractivity contribution in [3.63, 3.8) is 0 Å². The highest BCUT2D eigenvalue weighted by molar-refractivity contribution is 5.80. The molecule has 4 nitrogen and oxygen atoms in total. The summed E-state index contributed by atoms with van der Waals surface area (Å²) in [4.78, 5) is 10.9. The molecule has 1 atom stereocenters. The van der Waals surface area contributed by atoms with Crippen molar-refractivity contribution in [1.29, 1.82) is 0 Å². The van der Waals surface area contributed by atoms with Gasteiger partial charge in [-0.3, -0.25) is 0 Å². The molecule has 1 rings (SSSR count). The second-order valence-corrected chi connectivity index (χ2v) is 2.45. The number of hydrogen-bond donors (Lipinski definition) is 1. The highest BCUT2D eigenvalue weighted by atomic mass is 16.5. The molecule has 1 saturated heterocycles. The molecule has 0 saturated carbocycles. The van der Waals surface area contributed by atoms with Gasteiger partial charge in [-0.1, -0.05) is 0 Å². The highest BCUT2D eigenvalue weighted by Crippen LogP contribution is 2.16. The van der Waals surface area contributed by atoms with Crippen LogP contribution >= 0.6 is 0 Å². The summed E-state index contributed by atoms with van der Waals surface area (Å²) in [5.41, 5.74) is 4.73. The lowest BCUT2D eigenvalue weighted by atomic mass is 10.0. The molecule has 1 unspecified atom stereocenters. The number of ether oxygens (including phenoxy) is 2. The van der Waals surface area contributed by atoms with Gasteiger partial charge in [0.05, 0.1) is 13.7 Å². The Morgan fingerprint density at radius 1 is 1.80 bits per heavy atom. The molecule has 0 aromatic heterocycles. The Morgan fingerprint density at radius 3 is 2.90 bits per heavy atom. The predicted octanol–water partition coefficient (Wildman–Crippen LogP) is -0.723. The lowest BCUT2D eigenvalue weighted by molar-refractivity contribution is -0.146. The van der Waals surface area contributed by atoms with E-state index in [1.807, 2.05) is 0 Å². The number of hydrogen-bond acceptors (Lipinski definition) is 4. The molecule has 1 fully saturated rings. The van der Waals surface area contributed by atoms with Crippen molar-refractivity contribution in [3.8, 4) is 0 Å². The summed E-state index contributed by atoms with van der Waals surface area (Å²) in [6.07, 6.45) is 0.555. The van der Waals surface area contributed by atoms with Gasteiger partial charge < -0.3 is 15.2 Å². The maximum Gasteiger partial charge on any atom is 0.328 e. The van der Waals surface area contributed by atoms with Gasteiger partial charge in [0.2, 0.25) is 0 Å². The fourth-order valence-corrected chi connectivity index (χ4v) is 0.945. The second kappa shape index (κ2) is 2.56. The van der Waals surface area contributed by atoms with Crippen molar-refractivity contribution in [2.45, 2.75) is 12.0 Å². The summed E-state index contributed by atoms with van der Waals surface area (Å²) >= 11 is 0. The van der Waals surface area contributed by atoms with Crippen LogP contribution in [0.25, 0.3) is 0 Å². The van der Waals surface area contributed by atoms with Crippen LogP contribution < -0.4 is 5.73 Å². The molecule has 0 radical (unpaired) electrons. The first kappa shape index (κ1) is 7.50. The van der Waals surface area contributed by atoms with Gasteiger partial charge in [0, 0.05) is 13.0 Å². The zero-order chi connectivity index (χ0) is 7.61. The molecule has 10 heavy (non-hydrogen) atoms. The predicted molar refractivity (Wildman–Crippen MR) is 34.4 cm³/mol. The smallest absolute Gasteiger partial charge is 0.328 e. The van der Waals surface area contributed by atoms with E-state index in [-0.39, 0.29) is 12.6 Å². The number of carbonyl (C=O) groups is 1. The SMILES string of the molecule is COC(=O)C1(N)CCOC1. The van der Waals surface area contributed by atoms with Crippen LogP contribution in [0.5, 0.6) is 0 Å². The van der Waals surface area contributed by atoms with Crippen LogP contribution in [0.3, 0.4) is 0 Å². The summed E-state index contributed by atoms with van der Waals surface area (Å²) in [6.45, 7) is 0.825. The molecule has 1 aliphatic rings. The molecule has 1 aliphatic heterocycles. The van der Waals surface area contributed by atoms with Crippen molar-refractivity contribution in [2.75, 3.05) is 20.3 Å². The van der Waals surface area contributed by atoms with E-state index in [4.69, 9.17) is 10.5 Å². The average molecular weight is 145 g/mol. The quantitative estimate of drug-likeness (QED) is 0.494. The zero-order valence-corrected chi connectivity index (χ0v) is 5.92. The molecular weight excluding hydrogens is 134 g/mol. The number of esters is 1. The van der Waals surface area contributed by atoms with Crippen molar-refractivity contribution in [3.05, 3.63) is 0 Å². The van der Waals surface area contributed by atoms with Gasteiger partial charge in [-0.25, -0.2) is 4.79 Å². The molecule has 0 aliphatic carbocycles. The first-order chi connectivity index (χ1) is 4.69. The van der Waals surface area contributed by atoms with Gasteiger partial charge in [0.25, 0.3) is 0 Å². The van der Waals surface area contributed by atoms with E-state index < -0.39 is 5.54 Å². The van der Waals surface area contributed by atoms with E-state index in [9.17, 15) is 4.79 Å². The Labute approximate surface area is 59.3 Å². The van der Waals surface area contributed by atoms with E-state index in [2.05, 4.69) is 4.74 Å². The number of nitrogens with two attached hydrogens (primary N) is 1. The highest BCUT2D eigenvalue weighted by Gasteiger charge is 2.39. The Kier molecular flexibility index (Phi) is 1.92. The van der Waals surface area contributed by atoms with Gasteiger partial charge in [0.1, 0.15) is 5.54 Å². The molecule has 0 aromatic carbocycles. The Bertz CT molecular complexity index is 140. The molecule has 0 amide bonds. The third-order valence-corrected chi connectivity index (χ3v) is 1.64. The summed E-state index contributed by atoms with van der Waals surface area (Å²) in [5.74, 6) is -0.384. The van der Waals surface area contributed by atoms with Crippen LogP contribution in [0, 0.1) is 0 Å². The van der Waals surface area contributed by atoms with Crippen molar-refractivity contribution in [2.24, 2.45) is 5.73 Å². The van der Waals surface area contributed by atoms with Crippen LogP contribution in [0.15, 0.2) is 0 Å². The van der Waals surface area contributed by atoms with E-state index >= 15 is 0 Å². The van der Waals surface area contributed by atoms with Gasteiger partial charge in [-0.15, -0.1) is 0 Å². The molecule has 1 heterocycles. The lowest BCUT2D eigenvalue weighted by Crippen LogP contribution is -2.49. The molecule has 4 heteroatoms. The first-order valence-electron chi connectivity index (χ1n) is 3.14. The largest absolute Gasteiger partial charge is 0.468 e. The Morgan fingerprint density at radius 2 is 2.50 bits per heavy atom. The van der Waals surface area contributed by atoms with Crippen LogP contribution in [0.2, 0.25) is 0 Å². The number of methoxy groups -OCH3 is 1. The van der Waals surface area contributed by atoms with Crippen LogP contribution in [0.1, 0.15) is 6.42 Å². The topological polar surface area (TPSA) is 61.5 Å². The third-order valence-electron chi connectivity index (χ3n) is 1.64. The summed E-state index contributed by atoms with van der Waals surface area (Å²) in [5, 5.41) is 0. The minimum absolute atomic E-state index is 0.277. The first-order valence-corrected chi connectivity index (χ1v) is 3.14. The van der Waals surface area contributed by atoms with E-state index in [1.165, 1.54) is 7.11 Å². The summed E-state index contributed by atoms with van der Waals surface area (Å²) < 4.78 is 9.45. The fourth-order valence-electron chi connectivity index (χ4n) is 0.945. The lowest BCUT2D eigenvalue weighted by Gasteiger charge is -2.17. The van der Waals surface area contributed by atoms with Crippen molar-refractivity contribution in [1.82, 2.24) is 0 Å². The van der Waals surface area contributed by atoms with Gasteiger partial charge >= 0.3 is 5.97 Å². The van der Waals surface area contributed by atoms with Crippen molar-refractivity contribution >= 4 is 5.97 Å². The minimum Gasteiger partial charge on any atom is -0.468 e. The van der Waals surface area contributed by atoms with E-state index in [1.54, 1.807) is 0 Å². The molecule has 0 bridgehead atoms. The van der Waals surface area contributed by atoms with Gasteiger partial charge in [0.15, 0.2) is 0 Å². The number of carbonyl (C=O) groups excluding carboxylic acids is 1. The van der Waals surface area contributed by atoms with Crippen molar-refractivity contribution < 1.29 is 14.3 Å². The Balaban J connectivity index is 2.58. The molecule has 2 N–H and O–H groups in total. The van der Waals surface area contributed by atoms with Crippen LogP contribution in [0.4, 0.5) is 0 Å². The third kappa shape index (κ3) is 1.12. The van der Waals surface area contributed by atoms with Gasteiger partial charge in [-0.2, -0.15) is 0 Å². The Hall–Kier alpha value is -0.610. The number of rotatable bonds is 1. The zero-order valence-electron chi connectivity index (χ0n) is 5.92.